The third-order valence-electron chi connectivity index (χ3n) is 4.64. The van der Waals surface area contributed by atoms with Crippen molar-refractivity contribution in [1.29, 1.82) is 0 Å². The minimum absolute atomic E-state index is 0.176. The number of hydrogen-bond acceptors (Lipinski definition) is 2. The van der Waals surface area contributed by atoms with Crippen LogP contribution in [0.3, 0.4) is 0 Å². The fraction of sp³-hybridized carbons (Fsp3) is 0.421. The first-order chi connectivity index (χ1) is 10.1. The highest BCUT2D eigenvalue weighted by Gasteiger charge is 2.28. The summed E-state index contributed by atoms with van der Waals surface area (Å²) in [5.74, 6) is 0.176. The molecule has 0 aliphatic heterocycles. The second kappa shape index (κ2) is 5.98. The van der Waals surface area contributed by atoms with Crippen molar-refractivity contribution in [1.82, 2.24) is 4.98 Å². The average Bonchev–Trinajstić information content (AvgIpc) is 2.50. The molecule has 1 aromatic carbocycles. The molecule has 0 saturated heterocycles. The van der Waals surface area contributed by atoms with E-state index < -0.39 is 0 Å². The Balaban J connectivity index is 1.83. The summed E-state index contributed by atoms with van der Waals surface area (Å²) in [5.41, 5.74) is 6.20. The molecule has 0 fully saturated rings. The van der Waals surface area contributed by atoms with E-state index in [0.29, 0.717) is 6.42 Å². The lowest BCUT2D eigenvalue weighted by Crippen LogP contribution is -2.26. The van der Waals surface area contributed by atoms with Crippen molar-refractivity contribution >= 4 is 0 Å². The Bertz CT molecular complexity index is 635. The molecule has 1 heterocycles. The molecule has 2 heteroatoms. The lowest BCUT2D eigenvalue weighted by Gasteiger charge is -2.28. The average molecular weight is 281 g/mol. The van der Waals surface area contributed by atoms with Gasteiger partial charge in [-0.15, -0.1) is 0 Å². The number of pyridine rings is 1. The molecule has 2 aromatic rings. The summed E-state index contributed by atoms with van der Waals surface area (Å²) < 4.78 is 0. The Morgan fingerprint density at radius 2 is 2.14 bits per heavy atom. The van der Waals surface area contributed by atoms with Crippen LogP contribution in [0.5, 0.6) is 0 Å². The molecule has 0 spiro atoms. The topological polar surface area (TPSA) is 33.1 Å². The van der Waals surface area contributed by atoms with Gasteiger partial charge in [-0.3, -0.25) is 4.98 Å². The van der Waals surface area contributed by atoms with Crippen molar-refractivity contribution in [3.05, 3.63) is 64.5 Å². The number of aliphatic hydroxyl groups excluding tert-OH is 1. The Morgan fingerprint density at radius 3 is 3.00 bits per heavy atom. The minimum atomic E-state index is -0.348. The first-order valence-electron chi connectivity index (χ1n) is 7.83. The molecular weight excluding hydrogens is 258 g/mol. The van der Waals surface area contributed by atoms with E-state index in [9.17, 15) is 5.11 Å². The van der Waals surface area contributed by atoms with Gasteiger partial charge in [0.25, 0.3) is 0 Å². The first-order valence-corrected chi connectivity index (χ1v) is 7.83. The van der Waals surface area contributed by atoms with Gasteiger partial charge in [0.1, 0.15) is 0 Å². The van der Waals surface area contributed by atoms with Gasteiger partial charge in [0.05, 0.1) is 6.10 Å². The molecule has 110 valence electrons. The molecule has 0 radical (unpaired) electrons. The standard InChI is InChI=1S/C19H23NO/c1-13-8-9-14(2)16(11-13)12-18(21)17-7-3-5-15-6-4-10-20-19(15)17/h4,6,8-11,17-18,21H,3,5,7,12H2,1-2H3. The summed E-state index contributed by atoms with van der Waals surface area (Å²) in [5, 5.41) is 10.7. The van der Waals surface area contributed by atoms with Crippen molar-refractivity contribution < 1.29 is 5.11 Å². The van der Waals surface area contributed by atoms with Gasteiger partial charge in [-0.05, 0) is 62.3 Å². The van der Waals surface area contributed by atoms with E-state index in [-0.39, 0.29) is 12.0 Å². The summed E-state index contributed by atoms with van der Waals surface area (Å²) >= 11 is 0. The predicted molar refractivity (Wildman–Crippen MR) is 85.5 cm³/mol. The fourth-order valence-corrected chi connectivity index (χ4v) is 3.41. The van der Waals surface area contributed by atoms with Crippen LogP contribution in [0.25, 0.3) is 0 Å². The second-order valence-corrected chi connectivity index (χ2v) is 6.25. The van der Waals surface area contributed by atoms with Gasteiger partial charge in [-0.1, -0.05) is 29.8 Å². The van der Waals surface area contributed by atoms with E-state index in [1.807, 2.05) is 12.3 Å². The number of aliphatic hydroxyl groups is 1. The van der Waals surface area contributed by atoms with Gasteiger partial charge < -0.3 is 5.11 Å². The minimum Gasteiger partial charge on any atom is -0.392 e. The van der Waals surface area contributed by atoms with Crippen LogP contribution < -0.4 is 0 Å². The zero-order valence-electron chi connectivity index (χ0n) is 12.8. The van der Waals surface area contributed by atoms with Gasteiger partial charge in [0.15, 0.2) is 0 Å². The Labute approximate surface area is 126 Å². The molecule has 21 heavy (non-hydrogen) atoms. The van der Waals surface area contributed by atoms with Crippen LogP contribution >= 0.6 is 0 Å². The van der Waals surface area contributed by atoms with Crippen LogP contribution in [-0.4, -0.2) is 16.2 Å². The van der Waals surface area contributed by atoms with Crippen molar-refractivity contribution in [2.75, 3.05) is 0 Å². The Kier molecular flexibility index (Phi) is 4.07. The van der Waals surface area contributed by atoms with Crippen LogP contribution in [0.4, 0.5) is 0 Å². The van der Waals surface area contributed by atoms with E-state index in [2.05, 4.69) is 43.1 Å². The number of aromatic nitrogens is 1. The number of benzene rings is 1. The predicted octanol–water partition coefficient (Wildman–Crippen LogP) is 3.72. The van der Waals surface area contributed by atoms with E-state index in [1.54, 1.807) is 0 Å². The SMILES string of the molecule is Cc1ccc(C)c(CC(O)C2CCCc3cccnc32)c1. The van der Waals surface area contributed by atoms with Crippen LogP contribution in [0.2, 0.25) is 0 Å². The Morgan fingerprint density at radius 1 is 1.29 bits per heavy atom. The molecule has 1 N–H and O–H groups in total. The highest BCUT2D eigenvalue weighted by molar-refractivity contribution is 5.32. The molecule has 2 unspecified atom stereocenters. The molecular formula is C19H23NO. The van der Waals surface area contributed by atoms with Crippen molar-refractivity contribution in [3.63, 3.8) is 0 Å². The summed E-state index contributed by atoms with van der Waals surface area (Å²) in [6, 6.07) is 10.6. The number of hydrogen-bond donors (Lipinski definition) is 1. The number of rotatable bonds is 3. The zero-order valence-corrected chi connectivity index (χ0v) is 12.8. The number of fused-ring (bicyclic) bond motifs is 1. The zero-order chi connectivity index (χ0) is 14.8. The molecule has 3 rings (SSSR count). The van der Waals surface area contributed by atoms with Crippen molar-refractivity contribution in [3.8, 4) is 0 Å². The van der Waals surface area contributed by atoms with Gasteiger partial charge >= 0.3 is 0 Å². The monoisotopic (exact) mass is 281 g/mol. The summed E-state index contributed by atoms with van der Waals surface area (Å²) in [6.45, 7) is 4.22. The van der Waals surface area contributed by atoms with Crippen LogP contribution in [0.15, 0.2) is 36.5 Å². The van der Waals surface area contributed by atoms with Crippen LogP contribution in [0, 0.1) is 13.8 Å². The first kappa shape index (κ1) is 14.3. The van der Waals surface area contributed by atoms with Gasteiger partial charge in [-0.2, -0.15) is 0 Å². The lowest BCUT2D eigenvalue weighted by atomic mass is 9.81. The quantitative estimate of drug-likeness (QED) is 0.930. The summed E-state index contributed by atoms with van der Waals surface area (Å²) in [6.07, 6.45) is 5.49. The fourth-order valence-electron chi connectivity index (χ4n) is 3.41. The Hall–Kier alpha value is -1.67. The molecule has 2 atom stereocenters. The smallest absolute Gasteiger partial charge is 0.0664 e. The van der Waals surface area contributed by atoms with Crippen molar-refractivity contribution in [2.24, 2.45) is 0 Å². The van der Waals surface area contributed by atoms with Gasteiger partial charge in [-0.25, -0.2) is 0 Å². The molecule has 1 aliphatic carbocycles. The third-order valence-corrected chi connectivity index (χ3v) is 4.64. The summed E-state index contributed by atoms with van der Waals surface area (Å²) in [4.78, 5) is 4.54. The highest BCUT2D eigenvalue weighted by atomic mass is 16.3. The van der Waals surface area contributed by atoms with Crippen molar-refractivity contribution in [2.45, 2.75) is 51.6 Å². The number of nitrogens with zero attached hydrogens (tertiary/aromatic N) is 1. The molecule has 2 nitrogen and oxygen atoms in total. The van der Waals surface area contributed by atoms with Crippen LogP contribution in [0.1, 0.15) is 46.7 Å². The maximum atomic E-state index is 10.7. The normalized spacial score (nSPS) is 19.1. The van der Waals surface area contributed by atoms with E-state index >= 15 is 0 Å². The lowest BCUT2D eigenvalue weighted by molar-refractivity contribution is 0.132. The number of aryl methyl sites for hydroxylation is 3. The summed E-state index contributed by atoms with van der Waals surface area (Å²) in [7, 11) is 0. The van der Waals surface area contributed by atoms with E-state index in [4.69, 9.17) is 0 Å². The second-order valence-electron chi connectivity index (χ2n) is 6.25. The highest BCUT2D eigenvalue weighted by Crippen LogP contribution is 2.33. The maximum absolute atomic E-state index is 10.7. The third kappa shape index (κ3) is 3.01. The van der Waals surface area contributed by atoms with Crippen LogP contribution in [-0.2, 0) is 12.8 Å². The van der Waals surface area contributed by atoms with E-state index in [1.165, 1.54) is 22.3 Å². The largest absolute Gasteiger partial charge is 0.392 e. The van der Waals surface area contributed by atoms with Gasteiger partial charge in [0, 0.05) is 17.8 Å². The molecule has 1 aliphatic rings. The molecule has 0 bridgehead atoms. The molecule has 0 saturated carbocycles. The maximum Gasteiger partial charge on any atom is 0.0664 e. The molecule has 0 amide bonds. The molecule has 1 aromatic heterocycles. The van der Waals surface area contributed by atoms with Gasteiger partial charge in [0.2, 0.25) is 0 Å². The van der Waals surface area contributed by atoms with E-state index in [0.717, 1.165) is 25.0 Å².